The van der Waals surface area contributed by atoms with Crippen LogP contribution in [0.1, 0.15) is 38.8 Å². The summed E-state index contributed by atoms with van der Waals surface area (Å²) in [6.07, 6.45) is 3.55. The molecule has 4 aromatic rings. The smallest absolute Gasteiger partial charge is 0.328 e. The summed E-state index contributed by atoms with van der Waals surface area (Å²) in [5.74, 6) is -1.58. The molecule has 1 saturated heterocycles. The number of imide groups is 1. The van der Waals surface area contributed by atoms with Gasteiger partial charge in [-0.1, -0.05) is 87.8 Å². The molecule has 1 fully saturated rings. The lowest BCUT2D eigenvalue weighted by Crippen LogP contribution is -2.57. The molecule has 4 amide bonds. The molecule has 54 heavy (non-hydrogen) atoms. The minimum Gasteiger partial charge on any atom is -0.397 e. The summed E-state index contributed by atoms with van der Waals surface area (Å²) in [6.45, 7) is 6.65. The van der Waals surface area contributed by atoms with Crippen molar-refractivity contribution >= 4 is 45.2 Å². The second-order valence-corrected chi connectivity index (χ2v) is 16.5. The number of carbonyl (C=O) groups is 3. The lowest BCUT2D eigenvalue weighted by atomic mass is 9.97. The molecular weight excluding hydrogens is 730 g/mol. The molecule has 2 heterocycles. The molecule has 286 valence electrons. The number of aliphatic hydroxyl groups is 1. The maximum Gasteiger partial charge on any atom is 0.328 e. The van der Waals surface area contributed by atoms with E-state index in [2.05, 4.69) is 15.3 Å². The zero-order chi connectivity index (χ0) is 39.2. The maximum absolute atomic E-state index is 14.2. The molecule has 4 N–H and O–H groups in total. The van der Waals surface area contributed by atoms with Crippen LogP contribution in [0.3, 0.4) is 0 Å². The first-order chi connectivity index (χ1) is 25.6. The van der Waals surface area contributed by atoms with Crippen LogP contribution in [-0.4, -0.2) is 93.3 Å². The number of nitrogens with two attached hydrogens (primary N) is 1. The summed E-state index contributed by atoms with van der Waals surface area (Å²) in [5, 5.41) is 14.9. The molecule has 13 nitrogen and oxygen atoms in total. The number of anilines is 1. The van der Waals surface area contributed by atoms with E-state index >= 15 is 0 Å². The van der Waals surface area contributed by atoms with Gasteiger partial charge in [0.1, 0.15) is 12.6 Å². The Labute approximate surface area is 321 Å². The second kappa shape index (κ2) is 17.5. The van der Waals surface area contributed by atoms with Gasteiger partial charge in [-0.05, 0) is 53.6 Å². The van der Waals surface area contributed by atoms with Gasteiger partial charge in [-0.3, -0.25) is 24.5 Å². The van der Waals surface area contributed by atoms with Crippen molar-refractivity contribution in [1.82, 2.24) is 29.4 Å². The van der Waals surface area contributed by atoms with Gasteiger partial charge in [-0.25, -0.2) is 13.2 Å². The number of benzene rings is 3. The van der Waals surface area contributed by atoms with Gasteiger partial charge in [-0.15, -0.1) is 0 Å². The molecular formula is C39H46ClN7O6S. The zero-order valence-electron chi connectivity index (χ0n) is 30.7. The van der Waals surface area contributed by atoms with Crippen LogP contribution in [0.4, 0.5) is 10.5 Å². The molecule has 0 aliphatic carbocycles. The summed E-state index contributed by atoms with van der Waals surface area (Å²) in [7, 11) is -4.15. The van der Waals surface area contributed by atoms with E-state index in [0.717, 1.165) is 16.0 Å². The van der Waals surface area contributed by atoms with E-state index < -0.39 is 52.0 Å². The molecule has 3 atom stereocenters. The standard InChI is InChI=1S/C39H46ClN7O6S/c1-25(2)21-45(54(52,53)30-13-14-31(40)32(41)19-30)23-35(48)33(18-27-9-6-5-7-10-27)44-38(50)37(26(3)4)47-24-36(49)46(39(47)51)22-28-11-8-12-29(17-28)34-20-42-15-16-43-34/h5-17,19-20,25-26,33,35,37,48H,18,21-24,41H2,1-4H3,(H,44,50)/t33-,35+,37?/m0/s1. The van der Waals surface area contributed by atoms with Crippen molar-refractivity contribution in [3.05, 3.63) is 108 Å². The summed E-state index contributed by atoms with van der Waals surface area (Å²) in [5.41, 5.74) is 8.93. The van der Waals surface area contributed by atoms with Gasteiger partial charge < -0.3 is 21.1 Å². The number of aromatic nitrogens is 2. The Bertz CT molecular complexity index is 2050. The van der Waals surface area contributed by atoms with Crippen LogP contribution < -0.4 is 11.1 Å². The highest BCUT2D eigenvalue weighted by Gasteiger charge is 2.44. The highest BCUT2D eigenvalue weighted by molar-refractivity contribution is 7.89. The molecule has 1 aliphatic rings. The summed E-state index contributed by atoms with van der Waals surface area (Å²) >= 11 is 6.07. The lowest BCUT2D eigenvalue weighted by molar-refractivity contribution is -0.129. The molecule has 1 aliphatic heterocycles. The largest absolute Gasteiger partial charge is 0.397 e. The summed E-state index contributed by atoms with van der Waals surface area (Å²) in [6, 6.07) is 17.8. The Hall–Kier alpha value is -4.89. The van der Waals surface area contributed by atoms with E-state index in [-0.39, 0.29) is 54.1 Å². The van der Waals surface area contributed by atoms with Crippen LogP contribution >= 0.6 is 11.6 Å². The fourth-order valence-electron chi connectivity index (χ4n) is 6.46. The molecule has 0 radical (unpaired) electrons. The van der Waals surface area contributed by atoms with Gasteiger partial charge in [0, 0.05) is 31.0 Å². The number of amides is 4. The van der Waals surface area contributed by atoms with Crippen molar-refractivity contribution in [2.24, 2.45) is 11.8 Å². The molecule has 1 unspecified atom stereocenters. The third kappa shape index (κ3) is 9.61. The van der Waals surface area contributed by atoms with Crippen LogP contribution in [0.25, 0.3) is 11.3 Å². The number of nitrogens with zero attached hydrogens (tertiary/aromatic N) is 5. The first kappa shape index (κ1) is 40.3. The van der Waals surface area contributed by atoms with Gasteiger partial charge in [0.25, 0.3) is 5.91 Å². The quantitative estimate of drug-likeness (QED) is 0.108. The molecule has 1 aromatic heterocycles. The Morgan fingerprint density at radius 1 is 0.981 bits per heavy atom. The summed E-state index contributed by atoms with van der Waals surface area (Å²) < 4.78 is 29.0. The molecule has 0 spiro atoms. The third-order valence-corrected chi connectivity index (χ3v) is 11.3. The predicted molar refractivity (Wildman–Crippen MR) is 206 cm³/mol. The number of nitrogens with one attached hydrogen (secondary N) is 1. The Morgan fingerprint density at radius 2 is 1.70 bits per heavy atom. The van der Waals surface area contributed by atoms with E-state index in [9.17, 15) is 27.9 Å². The van der Waals surface area contributed by atoms with Crippen molar-refractivity contribution < 1.29 is 27.9 Å². The minimum atomic E-state index is -4.15. The Kier molecular flexibility index (Phi) is 13.1. The SMILES string of the molecule is CC(C)CN(C[C@@H](O)[C@H](Cc1ccccc1)NC(=O)C(C(C)C)N1CC(=O)N(Cc2cccc(-c3cnccn3)c2)C1=O)S(=O)(=O)c1ccc(Cl)c(N)c1. The number of carbonyl (C=O) groups excluding carboxylic acids is 3. The summed E-state index contributed by atoms with van der Waals surface area (Å²) in [4.78, 5) is 52.1. The molecule has 5 rings (SSSR count). The molecule has 0 bridgehead atoms. The average molecular weight is 776 g/mol. The van der Waals surface area contributed by atoms with Gasteiger partial charge in [-0.2, -0.15) is 4.31 Å². The topological polar surface area (TPSA) is 179 Å². The third-order valence-electron chi connectivity index (χ3n) is 9.10. The highest BCUT2D eigenvalue weighted by Crippen LogP contribution is 2.27. The van der Waals surface area contributed by atoms with Crippen LogP contribution in [0.2, 0.25) is 5.02 Å². The van der Waals surface area contributed by atoms with E-state index in [1.807, 2.05) is 62.4 Å². The van der Waals surface area contributed by atoms with Gasteiger partial charge in [0.2, 0.25) is 15.9 Å². The van der Waals surface area contributed by atoms with Crippen molar-refractivity contribution in [2.45, 2.75) is 63.7 Å². The number of aliphatic hydroxyl groups excluding tert-OH is 1. The van der Waals surface area contributed by atoms with Gasteiger partial charge in [0.05, 0.1) is 46.2 Å². The van der Waals surface area contributed by atoms with Crippen molar-refractivity contribution in [2.75, 3.05) is 25.4 Å². The molecule has 15 heteroatoms. The van der Waals surface area contributed by atoms with E-state index in [4.69, 9.17) is 17.3 Å². The van der Waals surface area contributed by atoms with E-state index in [0.29, 0.717) is 11.3 Å². The van der Waals surface area contributed by atoms with Crippen LogP contribution in [-0.2, 0) is 32.6 Å². The van der Waals surface area contributed by atoms with Crippen LogP contribution in [0, 0.1) is 11.8 Å². The van der Waals surface area contributed by atoms with Gasteiger partial charge in [0.15, 0.2) is 0 Å². The Balaban J connectivity index is 1.38. The van der Waals surface area contributed by atoms with E-state index in [1.54, 1.807) is 38.5 Å². The lowest BCUT2D eigenvalue weighted by Gasteiger charge is -2.34. The number of halogens is 1. The first-order valence-electron chi connectivity index (χ1n) is 17.7. The number of urea groups is 1. The number of nitrogen functional groups attached to an aromatic ring is 1. The molecule has 0 saturated carbocycles. The predicted octanol–water partition coefficient (Wildman–Crippen LogP) is 4.60. The number of sulfonamides is 1. The van der Waals surface area contributed by atoms with Crippen LogP contribution in [0.15, 0.2) is 96.3 Å². The Morgan fingerprint density at radius 3 is 2.35 bits per heavy atom. The van der Waals surface area contributed by atoms with Crippen molar-refractivity contribution in [3.8, 4) is 11.3 Å². The minimum absolute atomic E-state index is 0.0104. The van der Waals surface area contributed by atoms with Crippen molar-refractivity contribution in [3.63, 3.8) is 0 Å². The fraction of sp³-hybridized carbons (Fsp3) is 0.359. The zero-order valence-corrected chi connectivity index (χ0v) is 32.2. The monoisotopic (exact) mass is 775 g/mol. The fourth-order valence-corrected chi connectivity index (χ4v) is 8.24. The second-order valence-electron chi connectivity index (χ2n) is 14.1. The normalized spacial score (nSPS) is 15.3. The number of rotatable bonds is 16. The van der Waals surface area contributed by atoms with Crippen LogP contribution in [0.5, 0.6) is 0 Å². The highest BCUT2D eigenvalue weighted by atomic mass is 35.5. The molecule has 3 aromatic carbocycles. The van der Waals surface area contributed by atoms with Crippen molar-refractivity contribution in [1.29, 1.82) is 0 Å². The number of hydrogen-bond donors (Lipinski definition) is 3. The average Bonchev–Trinajstić information content (AvgIpc) is 3.40. The van der Waals surface area contributed by atoms with E-state index in [1.165, 1.54) is 27.4 Å². The van der Waals surface area contributed by atoms with Gasteiger partial charge >= 0.3 is 6.03 Å². The first-order valence-corrected chi connectivity index (χ1v) is 19.5. The maximum atomic E-state index is 14.2. The number of hydrogen-bond acceptors (Lipinski definition) is 9.